The molecule has 1 N–H and O–H groups in total. The molecule has 1 aliphatic heterocycles. The third kappa shape index (κ3) is 3.14. The zero-order valence-corrected chi connectivity index (χ0v) is 14.2. The summed E-state index contributed by atoms with van der Waals surface area (Å²) in [6.45, 7) is 0. The zero-order chi connectivity index (χ0) is 18.7. The molecule has 0 bridgehead atoms. The molecule has 26 heavy (non-hydrogen) atoms. The quantitative estimate of drug-likeness (QED) is 0.674. The van der Waals surface area contributed by atoms with Crippen LogP contribution in [0.25, 0.3) is 6.08 Å². The Labute approximate surface area is 149 Å². The summed E-state index contributed by atoms with van der Waals surface area (Å²) in [6.07, 6.45) is 1.40. The molecule has 2 aromatic rings. The normalized spacial score (nSPS) is 15.8. The summed E-state index contributed by atoms with van der Waals surface area (Å²) in [4.78, 5) is 38.0. The Bertz CT molecular complexity index is 905. The molecule has 0 atom stereocenters. The first-order valence-electron chi connectivity index (χ1n) is 7.73. The van der Waals surface area contributed by atoms with Gasteiger partial charge in [-0.1, -0.05) is 24.3 Å². The molecule has 0 spiro atoms. The number of barbiturate groups is 1. The SMILES string of the molecule is COc1ccc(C=C2C(=O)NC(=O)N(c3ccccc3)C2=O)cc1OC. The molecule has 7 nitrogen and oxygen atoms in total. The van der Waals surface area contributed by atoms with E-state index in [2.05, 4.69) is 5.32 Å². The van der Waals surface area contributed by atoms with E-state index in [1.54, 1.807) is 48.5 Å². The van der Waals surface area contributed by atoms with Crippen molar-refractivity contribution in [2.45, 2.75) is 0 Å². The number of nitrogens with one attached hydrogen (secondary N) is 1. The first-order valence-corrected chi connectivity index (χ1v) is 7.73. The van der Waals surface area contributed by atoms with Gasteiger partial charge in [0.05, 0.1) is 19.9 Å². The van der Waals surface area contributed by atoms with Crippen LogP contribution in [0, 0.1) is 0 Å². The molecule has 3 rings (SSSR count). The number of ether oxygens (including phenoxy) is 2. The number of benzene rings is 2. The fourth-order valence-electron chi connectivity index (χ4n) is 2.58. The lowest BCUT2D eigenvalue weighted by Gasteiger charge is -2.26. The van der Waals surface area contributed by atoms with Crippen molar-refractivity contribution in [3.05, 3.63) is 59.7 Å². The van der Waals surface area contributed by atoms with E-state index >= 15 is 0 Å². The molecule has 0 aromatic heterocycles. The largest absolute Gasteiger partial charge is 0.493 e. The van der Waals surface area contributed by atoms with E-state index in [1.165, 1.54) is 20.3 Å². The molecule has 1 saturated heterocycles. The number of rotatable bonds is 4. The maximum Gasteiger partial charge on any atom is 0.335 e. The topological polar surface area (TPSA) is 84.9 Å². The number of anilines is 1. The minimum atomic E-state index is -0.782. The van der Waals surface area contributed by atoms with Gasteiger partial charge >= 0.3 is 6.03 Å². The number of hydrogen-bond donors (Lipinski definition) is 1. The fourth-order valence-corrected chi connectivity index (χ4v) is 2.58. The second kappa shape index (κ2) is 7.10. The maximum atomic E-state index is 12.7. The Morgan fingerprint density at radius 1 is 0.923 bits per heavy atom. The summed E-state index contributed by atoms with van der Waals surface area (Å²) in [5, 5.41) is 2.18. The van der Waals surface area contributed by atoms with Gasteiger partial charge in [0, 0.05) is 0 Å². The number of carbonyl (C=O) groups excluding carboxylic acids is 3. The lowest BCUT2D eigenvalue weighted by molar-refractivity contribution is -0.122. The van der Waals surface area contributed by atoms with Gasteiger partial charge in [-0.3, -0.25) is 14.9 Å². The number of amides is 4. The van der Waals surface area contributed by atoms with E-state index in [0.717, 1.165) is 4.90 Å². The second-order valence-electron chi connectivity index (χ2n) is 5.41. The van der Waals surface area contributed by atoms with Crippen LogP contribution in [0.4, 0.5) is 10.5 Å². The van der Waals surface area contributed by atoms with Crippen molar-refractivity contribution in [1.82, 2.24) is 5.32 Å². The summed E-state index contributed by atoms with van der Waals surface area (Å²) in [5.74, 6) is -0.460. The number of urea groups is 1. The van der Waals surface area contributed by atoms with E-state index < -0.39 is 17.8 Å². The van der Waals surface area contributed by atoms with Crippen LogP contribution in [0.2, 0.25) is 0 Å². The van der Waals surface area contributed by atoms with Crippen LogP contribution in [0.3, 0.4) is 0 Å². The molecular weight excluding hydrogens is 336 g/mol. The Morgan fingerprint density at radius 3 is 2.27 bits per heavy atom. The Balaban J connectivity index is 2.01. The van der Waals surface area contributed by atoms with E-state index in [-0.39, 0.29) is 5.57 Å². The molecular formula is C19H16N2O5. The van der Waals surface area contributed by atoms with Crippen LogP contribution >= 0.6 is 0 Å². The predicted molar refractivity (Wildman–Crippen MR) is 95.0 cm³/mol. The van der Waals surface area contributed by atoms with Gasteiger partial charge in [0.2, 0.25) is 0 Å². The molecule has 0 aliphatic carbocycles. The summed E-state index contributed by atoms with van der Waals surface area (Å²) in [7, 11) is 3.00. The molecule has 1 aliphatic rings. The van der Waals surface area contributed by atoms with Gasteiger partial charge in [-0.25, -0.2) is 9.69 Å². The van der Waals surface area contributed by atoms with Gasteiger partial charge in [-0.2, -0.15) is 0 Å². The lowest BCUT2D eigenvalue weighted by atomic mass is 10.1. The predicted octanol–water partition coefficient (Wildman–Crippen LogP) is 2.37. The molecule has 4 amide bonds. The van der Waals surface area contributed by atoms with Gasteiger partial charge in [0.1, 0.15) is 5.57 Å². The molecule has 132 valence electrons. The van der Waals surface area contributed by atoms with Gasteiger partial charge in [0.25, 0.3) is 11.8 Å². The number of hydrogen-bond acceptors (Lipinski definition) is 5. The molecule has 0 saturated carbocycles. The Kier molecular flexibility index (Phi) is 4.70. The highest BCUT2D eigenvalue weighted by atomic mass is 16.5. The summed E-state index contributed by atoms with van der Waals surface area (Å²) in [5.41, 5.74) is 0.782. The van der Waals surface area contributed by atoms with Crippen molar-refractivity contribution >= 4 is 29.6 Å². The Morgan fingerprint density at radius 2 is 1.62 bits per heavy atom. The van der Waals surface area contributed by atoms with E-state index in [0.29, 0.717) is 22.7 Å². The van der Waals surface area contributed by atoms with Crippen LogP contribution in [0.5, 0.6) is 11.5 Å². The molecule has 0 radical (unpaired) electrons. The molecule has 1 heterocycles. The van der Waals surface area contributed by atoms with Crippen LogP contribution in [0.1, 0.15) is 5.56 Å². The standard InChI is InChI=1S/C19H16N2O5/c1-25-15-9-8-12(11-16(15)26-2)10-14-17(22)20-19(24)21(18(14)23)13-6-4-3-5-7-13/h3-11H,1-2H3,(H,20,22,24). The average Bonchev–Trinajstić information content (AvgIpc) is 2.65. The van der Waals surface area contributed by atoms with Crippen molar-refractivity contribution in [3.63, 3.8) is 0 Å². The molecule has 1 fully saturated rings. The smallest absolute Gasteiger partial charge is 0.335 e. The van der Waals surface area contributed by atoms with Crippen molar-refractivity contribution < 1.29 is 23.9 Å². The highest BCUT2D eigenvalue weighted by Gasteiger charge is 2.36. The summed E-state index contributed by atoms with van der Waals surface area (Å²) >= 11 is 0. The molecule has 7 heteroatoms. The first-order chi connectivity index (χ1) is 12.5. The number of para-hydroxylation sites is 1. The van der Waals surface area contributed by atoms with Gasteiger partial charge in [0.15, 0.2) is 11.5 Å². The Hall–Kier alpha value is -3.61. The molecule has 2 aromatic carbocycles. The lowest BCUT2D eigenvalue weighted by Crippen LogP contribution is -2.54. The number of imide groups is 2. The summed E-state index contributed by atoms with van der Waals surface area (Å²) in [6, 6.07) is 12.6. The molecule has 0 unspecified atom stereocenters. The zero-order valence-electron chi connectivity index (χ0n) is 14.2. The number of nitrogens with zero attached hydrogens (tertiary/aromatic N) is 1. The van der Waals surface area contributed by atoms with Crippen LogP contribution in [-0.2, 0) is 9.59 Å². The van der Waals surface area contributed by atoms with Crippen molar-refractivity contribution in [3.8, 4) is 11.5 Å². The van der Waals surface area contributed by atoms with Crippen LogP contribution < -0.4 is 19.7 Å². The van der Waals surface area contributed by atoms with Crippen molar-refractivity contribution in [2.75, 3.05) is 19.1 Å². The van der Waals surface area contributed by atoms with Crippen molar-refractivity contribution in [1.29, 1.82) is 0 Å². The monoisotopic (exact) mass is 352 g/mol. The number of carbonyl (C=O) groups is 3. The minimum absolute atomic E-state index is 0.152. The van der Waals surface area contributed by atoms with Crippen LogP contribution in [-0.4, -0.2) is 32.1 Å². The third-order valence-electron chi connectivity index (χ3n) is 3.83. The van der Waals surface area contributed by atoms with Gasteiger partial charge in [-0.15, -0.1) is 0 Å². The van der Waals surface area contributed by atoms with Gasteiger partial charge in [-0.05, 0) is 35.9 Å². The second-order valence-corrected chi connectivity index (χ2v) is 5.41. The first kappa shape index (κ1) is 17.2. The number of methoxy groups -OCH3 is 2. The fraction of sp³-hybridized carbons (Fsp3) is 0.105. The van der Waals surface area contributed by atoms with E-state index in [1.807, 2.05) is 0 Å². The van der Waals surface area contributed by atoms with Crippen molar-refractivity contribution in [2.24, 2.45) is 0 Å². The van der Waals surface area contributed by atoms with Gasteiger partial charge < -0.3 is 9.47 Å². The minimum Gasteiger partial charge on any atom is -0.493 e. The average molecular weight is 352 g/mol. The van der Waals surface area contributed by atoms with E-state index in [9.17, 15) is 14.4 Å². The highest BCUT2D eigenvalue weighted by molar-refractivity contribution is 6.39. The summed E-state index contributed by atoms with van der Waals surface area (Å²) < 4.78 is 10.4. The maximum absolute atomic E-state index is 12.7. The van der Waals surface area contributed by atoms with Crippen LogP contribution in [0.15, 0.2) is 54.1 Å². The van der Waals surface area contributed by atoms with E-state index in [4.69, 9.17) is 9.47 Å². The third-order valence-corrected chi connectivity index (χ3v) is 3.83. The highest BCUT2D eigenvalue weighted by Crippen LogP contribution is 2.29.